The highest BCUT2D eigenvalue weighted by Crippen LogP contribution is 2.19. The van der Waals surface area contributed by atoms with Crippen LogP contribution >= 0.6 is 0 Å². The zero-order valence-electron chi connectivity index (χ0n) is 14.2. The molecule has 0 radical (unpaired) electrons. The highest BCUT2D eigenvalue weighted by atomic mass is 16.1. The molecule has 1 saturated heterocycles. The number of rotatable bonds is 5. The second kappa shape index (κ2) is 8.06. The van der Waals surface area contributed by atoms with Crippen molar-refractivity contribution in [3.8, 4) is 0 Å². The molecule has 1 fully saturated rings. The van der Waals surface area contributed by atoms with E-state index in [-0.39, 0.29) is 11.8 Å². The van der Waals surface area contributed by atoms with Crippen LogP contribution in [0.25, 0.3) is 0 Å². The fourth-order valence-corrected chi connectivity index (χ4v) is 3.25. The summed E-state index contributed by atoms with van der Waals surface area (Å²) in [5.41, 5.74) is 3.56. The Balaban J connectivity index is 1.43. The lowest BCUT2D eigenvalue weighted by Crippen LogP contribution is -2.40. The number of carbonyl (C=O) groups excluding carboxylic acids is 1. The standard InChI is InChI=1S/C20H25N3O/c1-16-5-4-6-17(13-16)15-23-11-8-18(9-12-23)20(24)22-14-19-7-2-3-10-21-19/h2-7,10,13,18H,8-9,11-12,14-15H2,1H3,(H,22,24). The molecule has 0 saturated carbocycles. The monoisotopic (exact) mass is 323 g/mol. The third-order valence-corrected chi connectivity index (χ3v) is 4.62. The first-order valence-corrected chi connectivity index (χ1v) is 8.66. The van der Waals surface area contributed by atoms with Crippen molar-refractivity contribution >= 4 is 5.91 Å². The number of hydrogen-bond donors (Lipinski definition) is 1. The minimum atomic E-state index is 0.127. The van der Waals surface area contributed by atoms with E-state index in [1.807, 2.05) is 18.2 Å². The van der Waals surface area contributed by atoms with Gasteiger partial charge >= 0.3 is 0 Å². The van der Waals surface area contributed by atoms with Gasteiger partial charge in [0.2, 0.25) is 5.91 Å². The molecule has 2 aromatic rings. The number of pyridine rings is 1. The largest absolute Gasteiger partial charge is 0.350 e. The summed E-state index contributed by atoms with van der Waals surface area (Å²) in [6.45, 7) is 5.58. The molecule has 0 spiro atoms. The molecule has 1 aliphatic heterocycles. The topological polar surface area (TPSA) is 45.2 Å². The Morgan fingerprint density at radius 3 is 2.75 bits per heavy atom. The molecule has 1 aromatic carbocycles. The minimum Gasteiger partial charge on any atom is -0.350 e. The maximum Gasteiger partial charge on any atom is 0.223 e. The van der Waals surface area contributed by atoms with Gasteiger partial charge in [0.15, 0.2) is 0 Å². The lowest BCUT2D eigenvalue weighted by Gasteiger charge is -2.31. The van der Waals surface area contributed by atoms with Gasteiger partial charge in [0.25, 0.3) is 0 Å². The Bertz CT molecular complexity index is 664. The second-order valence-electron chi connectivity index (χ2n) is 6.58. The van der Waals surface area contributed by atoms with Crippen molar-refractivity contribution in [3.05, 3.63) is 65.5 Å². The third kappa shape index (κ3) is 4.65. The summed E-state index contributed by atoms with van der Waals surface area (Å²) in [6.07, 6.45) is 3.62. The summed E-state index contributed by atoms with van der Waals surface area (Å²) >= 11 is 0. The van der Waals surface area contributed by atoms with Crippen LogP contribution in [0, 0.1) is 12.8 Å². The van der Waals surface area contributed by atoms with Crippen molar-refractivity contribution in [2.75, 3.05) is 13.1 Å². The molecule has 3 rings (SSSR count). The van der Waals surface area contributed by atoms with Gasteiger partial charge in [-0.15, -0.1) is 0 Å². The first-order chi connectivity index (χ1) is 11.7. The second-order valence-corrected chi connectivity index (χ2v) is 6.58. The van der Waals surface area contributed by atoms with Crippen LogP contribution < -0.4 is 5.32 Å². The number of benzene rings is 1. The number of aryl methyl sites for hydroxylation is 1. The molecule has 2 heterocycles. The van der Waals surface area contributed by atoms with E-state index >= 15 is 0 Å². The molecule has 126 valence electrons. The Labute approximate surface area is 143 Å². The van der Waals surface area contributed by atoms with E-state index in [0.717, 1.165) is 38.2 Å². The molecular formula is C20H25N3O. The summed E-state index contributed by atoms with van der Waals surface area (Å²) in [4.78, 5) is 19.0. The van der Waals surface area contributed by atoms with Crippen molar-refractivity contribution in [1.29, 1.82) is 0 Å². The quantitative estimate of drug-likeness (QED) is 0.920. The molecule has 1 aromatic heterocycles. The van der Waals surface area contributed by atoms with E-state index in [0.29, 0.717) is 6.54 Å². The van der Waals surface area contributed by atoms with Gasteiger partial charge < -0.3 is 5.32 Å². The van der Waals surface area contributed by atoms with E-state index in [1.165, 1.54) is 11.1 Å². The Morgan fingerprint density at radius 1 is 1.21 bits per heavy atom. The van der Waals surface area contributed by atoms with E-state index in [2.05, 4.69) is 46.4 Å². The van der Waals surface area contributed by atoms with Crippen LogP contribution in [0.5, 0.6) is 0 Å². The van der Waals surface area contributed by atoms with Crippen molar-refractivity contribution in [2.24, 2.45) is 5.92 Å². The summed E-state index contributed by atoms with van der Waals surface area (Å²) in [6, 6.07) is 14.4. The van der Waals surface area contributed by atoms with Crippen LogP contribution in [0.2, 0.25) is 0 Å². The minimum absolute atomic E-state index is 0.127. The zero-order chi connectivity index (χ0) is 16.8. The predicted octanol–water partition coefficient (Wildman–Crippen LogP) is 2.92. The molecule has 0 aliphatic carbocycles. The van der Waals surface area contributed by atoms with E-state index in [4.69, 9.17) is 0 Å². The van der Waals surface area contributed by atoms with Gasteiger partial charge in [-0.2, -0.15) is 0 Å². The number of hydrogen-bond acceptors (Lipinski definition) is 3. The number of likely N-dealkylation sites (tertiary alicyclic amines) is 1. The summed E-state index contributed by atoms with van der Waals surface area (Å²) < 4.78 is 0. The SMILES string of the molecule is Cc1cccc(CN2CCC(C(=O)NCc3ccccn3)CC2)c1. The van der Waals surface area contributed by atoms with Crippen molar-refractivity contribution in [3.63, 3.8) is 0 Å². The van der Waals surface area contributed by atoms with Crippen LogP contribution in [-0.4, -0.2) is 28.9 Å². The average molecular weight is 323 g/mol. The van der Waals surface area contributed by atoms with Crippen LogP contribution in [0.15, 0.2) is 48.7 Å². The lowest BCUT2D eigenvalue weighted by atomic mass is 9.95. The average Bonchev–Trinajstić information content (AvgIpc) is 2.61. The maximum absolute atomic E-state index is 12.3. The van der Waals surface area contributed by atoms with Gasteiger partial charge in [-0.25, -0.2) is 0 Å². The number of nitrogens with zero attached hydrogens (tertiary/aromatic N) is 2. The van der Waals surface area contributed by atoms with Gasteiger partial charge in [0.1, 0.15) is 0 Å². The molecule has 1 amide bonds. The Hall–Kier alpha value is -2.20. The zero-order valence-corrected chi connectivity index (χ0v) is 14.2. The summed E-state index contributed by atoms with van der Waals surface area (Å²) in [5.74, 6) is 0.290. The third-order valence-electron chi connectivity index (χ3n) is 4.62. The molecule has 24 heavy (non-hydrogen) atoms. The lowest BCUT2D eigenvalue weighted by molar-refractivity contribution is -0.126. The summed E-state index contributed by atoms with van der Waals surface area (Å²) in [7, 11) is 0. The number of carbonyl (C=O) groups is 1. The van der Waals surface area contributed by atoms with Crippen molar-refractivity contribution < 1.29 is 4.79 Å². The molecule has 0 unspecified atom stereocenters. The highest BCUT2D eigenvalue weighted by molar-refractivity contribution is 5.78. The Morgan fingerprint density at radius 2 is 2.04 bits per heavy atom. The van der Waals surface area contributed by atoms with Crippen LogP contribution in [0.1, 0.15) is 29.7 Å². The fraction of sp³-hybridized carbons (Fsp3) is 0.400. The number of amides is 1. The molecule has 1 N–H and O–H groups in total. The van der Waals surface area contributed by atoms with Gasteiger partial charge in [-0.1, -0.05) is 35.9 Å². The fourth-order valence-electron chi connectivity index (χ4n) is 3.25. The van der Waals surface area contributed by atoms with Crippen LogP contribution in [-0.2, 0) is 17.9 Å². The molecular weight excluding hydrogens is 298 g/mol. The van der Waals surface area contributed by atoms with Crippen molar-refractivity contribution in [1.82, 2.24) is 15.2 Å². The van der Waals surface area contributed by atoms with E-state index < -0.39 is 0 Å². The molecule has 0 bridgehead atoms. The van der Waals surface area contributed by atoms with Gasteiger partial charge in [-0.3, -0.25) is 14.7 Å². The molecule has 1 aliphatic rings. The predicted molar refractivity (Wildman–Crippen MR) is 95.3 cm³/mol. The maximum atomic E-state index is 12.3. The molecule has 4 heteroatoms. The molecule has 0 atom stereocenters. The first kappa shape index (κ1) is 16.7. The number of nitrogens with one attached hydrogen (secondary N) is 1. The van der Waals surface area contributed by atoms with Crippen molar-refractivity contribution in [2.45, 2.75) is 32.9 Å². The summed E-state index contributed by atoms with van der Waals surface area (Å²) in [5, 5.41) is 3.02. The number of aromatic nitrogens is 1. The smallest absolute Gasteiger partial charge is 0.223 e. The molecule has 4 nitrogen and oxygen atoms in total. The first-order valence-electron chi connectivity index (χ1n) is 8.66. The van der Waals surface area contributed by atoms with Gasteiger partial charge in [0.05, 0.1) is 12.2 Å². The van der Waals surface area contributed by atoms with E-state index in [1.54, 1.807) is 6.20 Å². The van der Waals surface area contributed by atoms with Gasteiger partial charge in [0, 0.05) is 18.7 Å². The van der Waals surface area contributed by atoms with E-state index in [9.17, 15) is 4.79 Å². The van der Waals surface area contributed by atoms with Crippen LogP contribution in [0.4, 0.5) is 0 Å². The number of piperidine rings is 1. The normalized spacial score (nSPS) is 16.0. The highest BCUT2D eigenvalue weighted by Gasteiger charge is 2.24. The van der Waals surface area contributed by atoms with Crippen LogP contribution in [0.3, 0.4) is 0 Å². The Kier molecular flexibility index (Phi) is 5.59. The van der Waals surface area contributed by atoms with Gasteiger partial charge in [-0.05, 0) is 50.6 Å².